The predicted octanol–water partition coefficient (Wildman–Crippen LogP) is 5.69. The van der Waals surface area contributed by atoms with Gasteiger partial charge in [0.2, 0.25) is 0 Å². The Morgan fingerprint density at radius 1 is 1.17 bits per heavy atom. The number of carboxylic acids is 1. The maximum Gasteiger partial charge on any atom is 0.304 e. The molecular weight excluding hydrogens is 450 g/mol. The Kier molecular flexibility index (Phi) is 9.95. The number of carboxylic acid groups (broad SMARTS) is 1. The van der Waals surface area contributed by atoms with Crippen LogP contribution in [-0.2, 0) is 11.4 Å². The standard InChI is InChI=1S/C30H39N3O3/c1-5-8-24(17-29(34)35)23-9-12-26(13-10-23)36-20-25-11-14-27(28(31)19-33-15-6-7-16-33)30(22(25)4)32-18-21(2)3/h9-14,21,24,31-32H,6-7,15-20H2,1-4H3,(H,34,35). The largest absolute Gasteiger partial charge is 0.489 e. The number of carbonyl (C=O) groups is 1. The second kappa shape index (κ2) is 13.1. The smallest absolute Gasteiger partial charge is 0.304 e. The fraction of sp³-hybridized carbons (Fsp3) is 0.467. The third-order valence-electron chi connectivity index (χ3n) is 6.54. The zero-order valence-corrected chi connectivity index (χ0v) is 22.0. The number of hydrogen-bond acceptors (Lipinski definition) is 5. The van der Waals surface area contributed by atoms with E-state index in [1.807, 2.05) is 24.3 Å². The van der Waals surface area contributed by atoms with E-state index >= 15 is 0 Å². The molecule has 3 N–H and O–H groups in total. The van der Waals surface area contributed by atoms with Gasteiger partial charge in [-0.2, -0.15) is 0 Å². The summed E-state index contributed by atoms with van der Waals surface area (Å²) in [5.74, 6) is 5.82. The SMILES string of the molecule is CC#CC(CC(=O)O)c1ccc(OCc2ccc(C(=N)CN3CCCC3)c(NCC(C)C)c2C)cc1. The molecule has 1 atom stereocenters. The van der Waals surface area contributed by atoms with Gasteiger partial charge in [-0.05, 0) is 74.5 Å². The van der Waals surface area contributed by atoms with Crippen molar-refractivity contribution in [3.8, 4) is 17.6 Å². The number of ether oxygens (including phenoxy) is 1. The molecule has 1 unspecified atom stereocenters. The van der Waals surface area contributed by atoms with Crippen LogP contribution in [0, 0.1) is 30.1 Å². The summed E-state index contributed by atoms with van der Waals surface area (Å²) in [6.07, 6.45) is 2.41. The van der Waals surface area contributed by atoms with Crippen molar-refractivity contribution in [1.82, 2.24) is 4.90 Å². The summed E-state index contributed by atoms with van der Waals surface area (Å²) in [4.78, 5) is 13.5. The van der Waals surface area contributed by atoms with Crippen molar-refractivity contribution >= 4 is 17.4 Å². The molecule has 1 saturated heterocycles. The van der Waals surface area contributed by atoms with Gasteiger partial charge in [-0.3, -0.25) is 9.69 Å². The summed E-state index contributed by atoms with van der Waals surface area (Å²) in [5, 5.41) is 21.6. The molecule has 0 aliphatic carbocycles. The van der Waals surface area contributed by atoms with Crippen molar-refractivity contribution in [1.29, 1.82) is 5.41 Å². The fourth-order valence-electron chi connectivity index (χ4n) is 4.50. The molecule has 2 aromatic carbocycles. The second-order valence-corrected chi connectivity index (χ2v) is 9.91. The van der Waals surface area contributed by atoms with Crippen LogP contribution in [0.3, 0.4) is 0 Å². The van der Waals surface area contributed by atoms with Crippen LogP contribution in [-0.4, -0.2) is 47.9 Å². The molecule has 3 rings (SSSR count). The molecule has 0 aromatic heterocycles. The highest BCUT2D eigenvalue weighted by Gasteiger charge is 2.19. The Morgan fingerprint density at radius 3 is 2.47 bits per heavy atom. The molecule has 36 heavy (non-hydrogen) atoms. The Hall–Kier alpha value is -3.30. The number of nitrogens with one attached hydrogen (secondary N) is 2. The normalized spacial score (nSPS) is 14.2. The lowest BCUT2D eigenvalue weighted by Crippen LogP contribution is -2.28. The van der Waals surface area contributed by atoms with E-state index in [0.717, 1.165) is 53.3 Å². The number of nitrogens with zero attached hydrogens (tertiary/aromatic N) is 1. The van der Waals surface area contributed by atoms with Crippen LogP contribution in [0.1, 0.15) is 68.2 Å². The van der Waals surface area contributed by atoms with E-state index in [9.17, 15) is 4.79 Å². The zero-order chi connectivity index (χ0) is 26.1. The first-order chi connectivity index (χ1) is 17.3. The van der Waals surface area contributed by atoms with Crippen LogP contribution >= 0.6 is 0 Å². The molecule has 0 saturated carbocycles. The number of benzene rings is 2. The number of likely N-dealkylation sites (tertiary alicyclic amines) is 1. The van der Waals surface area contributed by atoms with Gasteiger partial charge in [0, 0.05) is 24.3 Å². The summed E-state index contributed by atoms with van der Waals surface area (Å²) in [6, 6.07) is 11.6. The molecule has 2 aromatic rings. The predicted molar refractivity (Wildman–Crippen MR) is 146 cm³/mol. The van der Waals surface area contributed by atoms with Gasteiger partial charge >= 0.3 is 5.97 Å². The second-order valence-electron chi connectivity index (χ2n) is 9.91. The molecule has 0 bridgehead atoms. The van der Waals surface area contributed by atoms with E-state index in [1.165, 1.54) is 12.8 Å². The Labute approximate surface area is 215 Å². The lowest BCUT2D eigenvalue weighted by molar-refractivity contribution is -0.137. The van der Waals surface area contributed by atoms with Gasteiger partial charge in [0.1, 0.15) is 12.4 Å². The third-order valence-corrected chi connectivity index (χ3v) is 6.54. The lowest BCUT2D eigenvalue weighted by Gasteiger charge is -2.22. The minimum atomic E-state index is -0.864. The highest BCUT2D eigenvalue weighted by Crippen LogP contribution is 2.28. The number of hydrogen-bond donors (Lipinski definition) is 3. The monoisotopic (exact) mass is 489 g/mol. The van der Waals surface area contributed by atoms with Gasteiger partial charge in [0.05, 0.1) is 18.1 Å². The zero-order valence-electron chi connectivity index (χ0n) is 22.0. The first-order valence-electron chi connectivity index (χ1n) is 12.8. The van der Waals surface area contributed by atoms with Gasteiger partial charge in [0.15, 0.2) is 0 Å². The van der Waals surface area contributed by atoms with Crippen LogP contribution in [0.2, 0.25) is 0 Å². The molecular formula is C30H39N3O3. The van der Waals surface area contributed by atoms with Gasteiger partial charge in [-0.25, -0.2) is 0 Å². The Balaban J connectivity index is 1.74. The first-order valence-corrected chi connectivity index (χ1v) is 12.8. The highest BCUT2D eigenvalue weighted by molar-refractivity contribution is 6.05. The quantitative estimate of drug-likeness (QED) is 0.264. The molecule has 0 spiro atoms. The number of aliphatic carboxylic acids is 1. The van der Waals surface area contributed by atoms with E-state index in [0.29, 0.717) is 24.8 Å². The molecule has 1 aliphatic rings. The van der Waals surface area contributed by atoms with Gasteiger partial charge in [-0.15, -0.1) is 5.92 Å². The Bertz CT molecular complexity index is 1110. The molecule has 1 aliphatic heterocycles. The molecule has 1 fully saturated rings. The molecule has 192 valence electrons. The van der Waals surface area contributed by atoms with Crippen LogP contribution in [0.4, 0.5) is 5.69 Å². The lowest BCUT2D eigenvalue weighted by atomic mass is 9.96. The minimum absolute atomic E-state index is 0.0223. The average Bonchev–Trinajstić information content (AvgIpc) is 3.35. The Morgan fingerprint density at radius 2 is 1.86 bits per heavy atom. The summed E-state index contributed by atoms with van der Waals surface area (Å²) in [7, 11) is 0. The molecule has 6 heteroatoms. The van der Waals surface area contributed by atoms with Gasteiger partial charge in [0.25, 0.3) is 0 Å². The van der Waals surface area contributed by atoms with Crippen molar-refractivity contribution < 1.29 is 14.6 Å². The fourth-order valence-corrected chi connectivity index (χ4v) is 4.50. The molecule has 6 nitrogen and oxygen atoms in total. The van der Waals surface area contributed by atoms with E-state index < -0.39 is 5.97 Å². The van der Waals surface area contributed by atoms with E-state index in [1.54, 1.807) is 6.92 Å². The van der Waals surface area contributed by atoms with Gasteiger partial charge < -0.3 is 20.6 Å². The van der Waals surface area contributed by atoms with Crippen molar-refractivity contribution in [2.24, 2.45) is 5.92 Å². The average molecular weight is 490 g/mol. The molecule has 1 heterocycles. The first kappa shape index (κ1) is 27.3. The van der Waals surface area contributed by atoms with Crippen molar-refractivity contribution in [2.45, 2.75) is 59.5 Å². The summed E-state index contributed by atoms with van der Waals surface area (Å²) >= 11 is 0. The van der Waals surface area contributed by atoms with E-state index in [4.69, 9.17) is 15.3 Å². The van der Waals surface area contributed by atoms with Crippen LogP contribution in [0.25, 0.3) is 0 Å². The number of anilines is 1. The van der Waals surface area contributed by atoms with Crippen LogP contribution in [0.15, 0.2) is 36.4 Å². The summed E-state index contributed by atoms with van der Waals surface area (Å²) < 4.78 is 6.10. The topological polar surface area (TPSA) is 85.6 Å². The van der Waals surface area contributed by atoms with E-state index in [-0.39, 0.29) is 12.3 Å². The van der Waals surface area contributed by atoms with Crippen LogP contribution < -0.4 is 10.1 Å². The molecule has 0 radical (unpaired) electrons. The van der Waals surface area contributed by atoms with E-state index in [2.05, 4.69) is 55.0 Å². The highest BCUT2D eigenvalue weighted by atomic mass is 16.5. The maximum atomic E-state index is 11.2. The van der Waals surface area contributed by atoms with Crippen molar-refractivity contribution in [3.63, 3.8) is 0 Å². The summed E-state index contributed by atoms with van der Waals surface area (Å²) in [6.45, 7) is 12.3. The third kappa shape index (κ3) is 7.60. The van der Waals surface area contributed by atoms with Crippen molar-refractivity contribution in [3.05, 3.63) is 58.7 Å². The minimum Gasteiger partial charge on any atom is -0.489 e. The van der Waals surface area contributed by atoms with Crippen molar-refractivity contribution in [2.75, 3.05) is 31.5 Å². The van der Waals surface area contributed by atoms with Crippen LogP contribution in [0.5, 0.6) is 5.75 Å². The molecule has 0 amide bonds. The maximum absolute atomic E-state index is 11.2. The summed E-state index contributed by atoms with van der Waals surface area (Å²) in [5.41, 5.74) is 5.70. The number of rotatable bonds is 12. The van der Waals surface area contributed by atoms with Gasteiger partial charge in [-0.1, -0.05) is 44.0 Å².